The lowest BCUT2D eigenvalue weighted by Crippen LogP contribution is -2.50. The fraction of sp³-hybridized carbons (Fsp3) is 0.385. The number of hydrogen-bond donors (Lipinski definition) is 2. The maximum Gasteiger partial charge on any atom is 0.305 e. The highest BCUT2D eigenvalue weighted by Crippen LogP contribution is 2.17. The lowest BCUT2D eigenvalue weighted by atomic mass is 9.98. The van der Waals surface area contributed by atoms with E-state index >= 15 is 0 Å². The molecule has 0 aliphatic heterocycles. The van der Waals surface area contributed by atoms with Gasteiger partial charge >= 0.3 is 5.97 Å². The molecule has 5 nitrogen and oxygen atoms in total. The van der Waals surface area contributed by atoms with E-state index in [2.05, 4.69) is 5.32 Å². The van der Waals surface area contributed by atoms with E-state index in [1.54, 1.807) is 31.2 Å². The van der Waals surface area contributed by atoms with E-state index in [1.165, 1.54) is 7.11 Å². The van der Waals surface area contributed by atoms with Crippen LogP contribution in [0.5, 0.6) is 0 Å². The number of methoxy groups -OCH3 is 1. The molecule has 0 aliphatic carbocycles. The van der Waals surface area contributed by atoms with Crippen LogP contribution in [0, 0.1) is 0 Å². The van der Waals surface area contributed by atoms with Crippen molar-refractivity contribution >= 4 is 23.5 Å². The molecule has 1 aromatic carbocycles. The summed E-state index contributed by atoms with van der Waals surface area (Å²) in [7, 11) is 1.45. The summed E-state index contributed by atoms with van der Waals surface area (Å²) in [6.45, 7) is 1.70. The molecule has 1 aromatic rings. The van der Waals surface area contributed by atoms with Gasteiger partial charge in [-0.05, 0) is 19.1 Å². The van der Waals surface area contributed by atoms with Crippen molar-refractivity contribution in [3.05, 3.63) is 34.9 Å². The molecule has 1 unspecified atom stereocenters. The van der Waals surface area contributed by atoms with Gasteiger partial charge in [-0.2, -0.15) is 0 Å². The number of carboxylic acid groups (broad SMARTS) is 1. The van der Waals surface area contributed by atoms with Gasteiger partial charge in [-0.1, -0.05) is 23.7 Å². The molecule has 0 bridgehead atoms. The molecule has 0 fully saturated rings. The van der Waals surface area contributed by atoms with Gasteiger partial charge in [0.05, 0.1) is 29.2 Å². The summed E-state index contributed by atoms with van der Waals surface area (Å²) in [5.74, 6) is -1.44. The Morgan fingerprint density at radius 1 is 1.42 bits per heavy atom. The topological polar surface area (TPSA) is 75.6 Å². The second kappa shape index (κ2) is 6.54. The number of hydrogen-bond acceptors (Lipinski definition) is 3. The molecule has 19 heavy (non-hydrogen) atoms. The second-order valence-electron chi connectivity index (χ2n) is 4.50. The fourth-order valence-corrected chi connectivity index (χ4v) is 1.99. The summed E-state index contributed by atoms with van der Waals surface area (Å²) >= 11 is 5.92. The van der Waals surface area contributed by atoms with Crippen LogP contribution in [0.25, 0.3) is 0 Å². The van der Waals surface area contributed by atoms with Crippen molar-refractivity contribution in [3.63, 3.8) is 0 Å². The number of halogens is 1. The Morgan fingerprint density at radius 2 is 2.05 bits per heavy atom. The molecular formula is C13H16ClNO4. The number of nitrogens with one attached hydrogen (secondary N) is 1. The Hall–Kier alpha value is -1.59. The van der Waals surface area contributed by atoms with Gasteiger partial charge in [-0.15, -0.1) is 0 Å². The van der Waals surface area contributed by atoms with Gasteiger partial charge in [-0.25, -0.2) is 0 Å². The predicted octanol–water partition coefficient (Wildman–Crippen LogP) is 1.95. The lowest BCUT2D eigenvalue weighted by Gasteiger charge is -2.28. The Bertz CT molecular complexity index is 477. The van der Waals surface area contributed by atoms with Crippen LogP contribution >= 0.6 is 11.6 Å². The minimum Gasteiger partial charge on any atom is -0.481 e. The zero-order valence-electron chi connectivity index (χ0n) is 10.8. The molecule has 0 saturated carbocycles. The average molecular weight is 286 g/mol. The maximum atomic E-state index is 12.1. The largest absolute Gasteiger partial charge is 0.481 e. The average Bonchev–Trinajstić information content (AvgIpc) is 2.27. The molecule has 0 aliphatic rings. The first-order valence-corrected chi connectivity index (χ1v) is 6.03. The Morgan fingerprint density at radius 3 is 2.58 bits per heavy atom. The second-order valence-corrected chi connectivity index (χ2v) is 4.91. The third-order valence-electron chi connectivity index (χ3n) is 2.54. The predicted molar refractivity (Wildman–Crippen MR) is 71.5 cm³/mol. The number of carboxylic acids is 1. The van der Waals surface area contributed by atoms with E-state index in [9.17, 15) is 9.59 Å². The van der Waals surface area contributed by atoms with Crippen LogP contribution in [0.4, 0.5) is 0 Å². The van der Waals surface area contributed by atoms with E-state index in [0.29, 0.717) is 10.6 Å². The van der Waals surface area contributed by atoms with Crippen LogP contribution in [0.2, 0.25) is 5.02 Å². The first-order chi connectivity index (χ1) is 8.88. The first-order valence-electron chi connectivity index (χ1n) is 5.66. The number of amides is 1. The number of benzene rings is 1. The van der Waals surface area contributed by atoms with Gasteiger partial charge in [-0.3, -0.25) is 9.59 Å². The normalized spacial score (nSPS) is 13.6. The van der Waals surface area contributed by atoms with Gasteiger partial charge < -0.3 is 15.2 Å². The van der Waals surface area contributed by atoms with Crippen LogP contribution in [0.3, 0.4) is 0 Å². The van der Waals surface area contributed by atoms with E-state index in [0.717, 1.165) is 0 Å². The van der Waals surface area contributed by atoms with E-state index < -0.39 is 17.4 Å². The van der Waals surface area contributed by atoms with Crippen molar-refractivity contribution in [2.75, 3.05) is 13.7 Å². The summed E-state index contributed by atoms with van der Waals surface area (Å²) in [5.41, 5.74) is -0.687. The number of aliphatic carboxylic acids is 1. The minimum absolute atomic E-state index is 0.0928. The van der Waals surface area contributed by atoms with Crippen molar-refractivity contribution in [3.8, 4) is 0 Å². The highest BCUT2D eigenvalue weighted by molar-refractivity contribution is 6.33. The van der Waals surface area contributed by atoms with Gasteiger partial charge in [0.15, 0.2) is 0 Å². The Labute approximate surface area is 116 Å². The third-order valence-corrected chi connectivity index (χ3v) is 2.87. The number of ether oxygens (including phenoxy) is 1. The van der Waals surface area contributed by atoms with Crippen LogP contribution in [0.1, 0.15) is 23.7 Å². The number of carbonyl (C=O) groups excluding carboxylic acids is 1. The van der Waals surface area contributed by atoms with Crippen molar-refractivity contribution in [1.29, 1.82) is 0 Å². The molecule has 0 aromatic heterocycles. The molecule has 0 saturated heterocycles. The van der Waals surface area contributed by atoms with Crippen molar-refractivity contribution in [2.45, 2.75) is 18.9 Å². The fourth-order valence-electron chi connectivity index (χ4n) is 1.77. The van der Waals surface area contributed by atoms with E-state index in [-0.39, 0.29) is 13.0 Å². The maximum absolute atomic E-state index is 12.1. The van der Waals surface area contributed by atoms with Gasteiger partial charge in [0.1, 0.15) is 0 Å². The third kappa shape index (κ3) is 4.54. The molecule has 0 heterocycles. The van der Waals surface area contributed by atoms with Gasteiger partial charge in [0.2, 0.25) is 0 Å². The molecule has 1 atom stereocenters. The van der Waals surface area contributed by atoms with Crippen LogP contribution < -0.4 is 5.32 Å². The standard InChI is InChI=1S/C13H16ClNO4/c1-13(8-19-2,7-11(16)17)15-12(18)9-5-3-4-6-10(9)14/h3-6H,7-8H2,1-2H3,(H,15,18)(H,16,17). The highest BCUT2D eigenvalue weighted by atomic mass is 35.5. The zero-order chi connectivity index (χ0) is 14.5. The summed E-state index contributed by atoms with van der Waals surface area (Å²) in [6, 6.07) is 6.57. The van der Waals surface area contributed by atoms with Crippen molar-refractivity contribution in [2.24, 2.45) is 0 Å². The SMILES string of the molecule is COCC(C)(CC(=O)O)NC(=O)c1ccccc1Cl. The molecular weight excluding hydrogens is 270 g/mol. The number of carbonyl (C=O) groups is 2. The molecule has 1 amide bonds. The molecule has 0 spiro atoms. The Balaban J connectivity index is 2.88. The molecule has 0 radical (unpaired) electrons. The van der Waals surface area contributed by atoms with Crippen molar-refractivity contribution < 1.29 is 19.4 Å². The number of rotatable bonds is 6. The summed E-state index contributed by atoms with van der Waals surface area (Å²) < 4.78 is 4.96. The first kappa shape index (κ1) is 15.5. The monoisotopic (exact) mass is 285 g/mol. The van der Waals surface area contributed by atoms with Crippen LogP contribution in [0.15, 0.2) is 24.3 Å². The van der Waals surface area contributed by atoms with E-state index in [4.69, 9.17) is 21.4 Å². The summed E-state index contributed by atoms with van der Waals surface area (Å²) in [5, 5.41) is 11.8. The molecule has 1 rings (SSSR count). The summed E-state index contributed by atoms with van der Waals surface area (Å²) in [6.07, 6.45) is -0.239. The Kier molecular flexibility index (Phi) is 5.32. The van der Waals surface area contributed by atoms with Gasteiger partial charge in [0, 0.05) is 7.11 Å². The van der Waals surface area contributed by atoms with E-state index in [1.807, 2.05) is 0 Å². The highest BCUT2D eigenvalue weighted by Gasteiger charge is 2.30. The quantitative estimate of drug-likeness (QED) is 0.838. The lowest BCUT2D eigenvalue weighted by molar-refractivity contribution is -0.139. The molecule has 104 valence electrons. The summed E-state index contributed by atoms with van der Waals surface area (Å²) in [4.78, 5) is 22.9. The minimum atomic E-state index is -1.01. The van der Waals surface area contributed by atoms with Crippen LogP contribution in [-0.2, 0) is 9.53 Å². The molecule has 6 heteroatoms. The zero-order valence-corrected chi connectivity index (χ0v) is 11.5. The molecule has 2 N–H and O–H groups in total. The van der Waals surface area contributed by atoms with Gasteiger partial charge in [0.25, 0.3) is 5.91 Å². The van der Waals surface area contributed by atoms with Crippen molar-refractivity contribution in [1.82, 2.24) is 5.32 Å². The smallest absolute Gasteiger partial charge is 0.305 e. The van der Waals surface area contributed by atoms with Crippen LogP contribution in [-0.4, -0.2) is 36.2 Å².